The molecule has 2 aromatic carbocycles. The molecule has 0 unspecified atom stereocenters. The predicted octanol–water partition coefficient (Wildman–Crippen LogP) is 5.42. The summed E-state index contributed by atoms with van der Waals surface area (Å²) in [5, 5.41) is 7.17. The van der Waals surface area contributed by atoms with Crippen molar-refractivity contribution in [2.75, 3.05) is 17.7 Å². The zero-order valence-electron chi connectivity index (χ0n) is 14.6. The number of aryl methyl sites for hydroxylation is 2. The van der Waals surface area contributed by atoms with Crippen molar-refractivity contribution in [3.63, 3.8) is 0 Å². The van der Waals surface area contributed by atoms with E-state index in [-0.39, 0.29) is 5.91 Å². The molecule has 5 nitrogen and oxygen atoms in total. The van der Waals surface area contributed by atoms with Gasteiger partial charge in [0.15, 0.2) is 5.13 Å². The third-order valence-electron chi connectivity index (χ3n) is 3.72. The number of aromatic nitrogens is 1. The van der Waals surface area contributed by atoms with E-state index in [9.17, 15) is 4.79 Å². The smallest absolute Gasteiger partial charge is 0.267 e. The van der Waals surface area contributed by atoms with Crippen LogP contribution in [-0.4, -0.2) is 18.0 Å². The number of halogens is 1. The van der Waals surface area contributed by atoms with E-state index in [0.717, 1.165) is 5.69 Å². The molecule has 134 valence electrons. The van der Waals surface area contributed by atoms with Crippen LogP contribution < -0.4 is 15.4 Å². The topological polar surface area (TPSA) is 63.2 Å². The van der Waals surface area contributed by atoms with E-state index in [1.54, 1.807) is 25.3 Å². The van der Waals surface area contributed by atoms with Crippen molar-refractivity contribution in [1.82, 2.24) is 4.98 Å². The lowest BCUT2D eigenvalue weighted by Crippen LogP contribution is -2.11. The molecule has 0 bridgehead atoms. The Kier molecular flexibility index (Phi) is 5.44. The average molecular weight is 388 g/mol. The van der Waals surface area contributed by atoms with E-state index in [4.69, 9.17) is 16.3 Å². The van der Waals surface area contributed by atoms with Crippen LogP contribution in [-0.2, 0) is 0 Å². The molecule has 0 aliphatic rings. The van der Waals surface area contributed by atoms with Crippen LogP contribution in [0.25, 0.3) is 0 Å². The Morgan fingerprint density at radius 1 is 1.12 bits per heavy atom. The van der Waals surface area contributed by atoms with Crippen molar-refractivity contribution in [1.29, 1.82) is 0 Å². The molecule has 1 aromatic heterocycles. The SMILES string of the molecule is COc1ccc(NC(=O)c2sc(Nc3ccc(C)cc3)nc2C)cc1Cl. The molecule has 0 fully saturated rings. The first-order valence-electron chi connectivity index (χ1n) is 7.92. The number of carbonyl (C=O) groups excluding carboxylic acids is 1. The number of thiazole rings is 1. The molecule has 3 rings (SSSR count). The number of nitrogens with one attached hydrogen (secondary N) is 2. The molecule has 0 aliphatic carbocycles. The number of benzene rings is 2. The molecular weight excluding hydrogens is 370 g/mol. The standard InChI is InChI=1S/C19H18ClN3O2S/c1-11-4-6-13(7-5-11)23-19-21-12(2)17(26-19)18(24)22-14-8-9-16(25-3)15(20)10-14/h4-10H,1-3H3,(H,21,23)(H,22,24). The van der Waals surface area contributed by atoms with Crippen LogP contribution >= 0.6 is 22.9 Å². The third kappa shape index (κ3) is 4.15. The summed E-state index contributed by atoms with van der Waals surface area (Å²) in [4.78, 5) is 17.6. The molecule has 0 atom stereocenters. The van der Waals surface area contributed by atoms with Gasteiger partial charge in [-0.15, -0.1) is 0 Å². The minimum Gasteiger partial charge on any atom is -0.495 e. The monoisotopic (exact) mass is 387 g/mol. The molecule has 0 radical (unpaired) electrons. The Bertz CT molecular complexity index is 938. The van der Waals surface area contributed by atoms with Crippen LogP contribution in [0.3, 0.4) is 0 Å². The quantitative estimate of drug-likeness (QED) is 0.613. The molecule has 2 N–H and O–H groups in total. The van der Waals surface area contributed by atoms with Crippen LogP contribution in [0.5, 0.6) is 5.75 Å². The van der Waals surface area contributed by atoms with Gasteiger partial charge in [-0.1, -0.05) is 40.6 Å². The molecule has 1 heterocycles. The van der Waals surface area contributed by atoms with Gasteiger partial charge in [0, 0.05) is 11.4 Å². The van der Waals surface area contributed by atoms with Crippen LogP contribution in [0.1, 0.15) is 20.9 Å². The summed E-state index contributed by atoms with van der Waals surface area (Å²) in [6, 6.07) is 13.1. The van der Waals surface area contributed by atoms with Crippen molar-refractivity contribution in [2.45, 2.75) is 13.8 Å². The maximum atomic E-state index is 12.6. The molecule has 3 aromatic rings. The fraction of sp³-hybridized carbons (Fsp3) is 0.158. The maximum Gasteiger partial charge on any atom is 0.267 e. The minimum atomic E-state index is -0.224. The van der Waals surface area contributed by atoms with Crippen molar-refractivity contribution in [3.8, 4) is 5.75 Å². The first kappa shape index (κ1) is 18.2. The highest BCUT2D eigenvalue weighted by Gasteiger charge is 2.16. The molecular formula is C19H18ClN3O2S. The Hall–Kier alpha value is -2.57. The number of hydrogen-bond acceptors (Lipinski definition) is 5. The van der Waals surface area contributed by atoms with Gasteiger partial charge in [-0.25, -0.2) is 4.98 Å². The Labute approximate surface area is 161 Å². The lowest BCUT2D eigenvalue weighted by molar-refractivity contribution is 0.103. The highest BCUT2D eigenvalue weighted by Crippen LogP contribution is 2.29. The van der Waals surface area contributed by atoms with Gasteiger partial charge in [-0.05, 0) is 44.2 Å². The zero-order chi connectivity index (χ0) is 18.7. The summed E-state index contributed by atoms with van der Waals surface area (Å²) in [7, 11) is 1.54. The lowest BCUT2D eigenvalue weighted by Gasteiger charge is -2.07. The normalized spacial score (nSPS) is 10.5. The minimum absolute atomic E-state index is 0.224. The number of nitrogens with zero attached hydrogens (tertiary/aromatic N) is 1. The van der Waals surface area contributed by atoms with Crippen molar-refractivity contribution in [2.24, 2.45) is 0 Å². The van der Waals surface area contributed by atoms with E-state index in [2.05, 4.69) is 15.6 Å². The van der Waals surface area contributed by atoms with Gasteiger partial charge in [0.1, 0.15) is 10.6 Å². The largest absolute Gasteiger partial charge is 0.495 e. The van der Waals surface area contributed by atoms with Gasteiger partial charge in [0.25, 0.3) is 5.91 Å². The van der Waals surface area contributed by atoms with Gasteiger partial charge < -0.3 is 15.4 Å². The Morgan fingerprint density at radius 3 is 2.46 bits per heavy atom. The summed E-state index contributed by atoms with van der Waals surface area (Å²) in [6.45, 7) is 3.85. The van der Waals surface area contributed by atoms with Gasteiger partial charge in [0.2, 0.25) is 0 Å². The van der Waals surface area contributed by atoms with Crippen LogP contribution in [0.2, 0.25) is 5.02 Å². The van der Waals surface area contributed by atoms with Crippen LogP contribution in [0.4, 0.5) is 16.5 Å². The second-order valence-electron chi connectivity index (χ2n) is 5.73. The zero-order valence-corrected chi connectivity index (χ0v) is 16.2. The third-order valence-corrected chi connectivity index (χ3v) is 5.08. The van der Waals surface area contributed by atoms with Crippen molar-refractivity contribution in [3.05, 3.63) is 63.6 Å². The molecule has 1 amide bonds. The van der Waals surface area contributed by atoms with Gasteiger partial charge >= 0.3 is 0 Å². The second kappa shape index (κ2) is 7.76. The van der Waals surface area contributed by atoms with E-state index >= 15 is 0 Å². The number of amides is 1. The second-order valence-corrected chi connectivity index (χ2v) is 7.13. The molecule has 0 aliphatic heterocycles. The first-order valence-corrected chi connectivity index (χ1v) is 9.11. The highest BCUT2D eigenvalue weighted by molar-refractivity contribution is 7.17. The first-order chi connectivity index (χ1) is 12.5. The van der Waals surface area contributed by atoms with E-state index < -0.39 is 0 Å². The Balaban J connectivity index is 1.74. The number of anilines is 3. The fourth-order valence-electron chi connectivity index (χ4n) is 2.35. The molecule has 0 saturated heterocycles. The van der Waals surface area contributed by atoms with E-state index in [0.29, 0.717) is 32.2 Å². The number of hydrogen-bond donors (Lipinski definition) is 2. The number of ether oxygens (including phenoxy) is 1. The van der Waals surface area contributed by atoms with Crippen molar-refractivity contribution >= 4 is 45.4 Å². The summed E-state index contributed by atoms with van der Waals surface area (Å²) >= 11 is 7.41. The summed E-state index contributed by atoms with van der Waals surface area (Å²) in [6.07, 6.45) is 0. The highest BCUT2D eigenvalue weighted by atomic mass is 35.5. The lowest BCUT2D eigenvalue weighted by atomic mass is 10.2. The molecule has 0 spiro atoms. The van der Waals surface area contributed by atoms with E-state index in [1.807, 2.05) is 38.1 Å². The van der Waals surface area contributed by atoms with E-state index in [1.165, 1.54) is 16.9 Å². The summed E-state index contributed by atoms with van der Waals surface area (Å²) in [5.41, 5.74) is 3.38. The number of carbonyl (C=O) groups is 1. The number of rotatable bonds is 5. The maximum absolute atomic E-state index is 12.6. The van der Waals surface area contributed by atoms with Gasteiger partial charge in [-0.3, -0.25) is 4.79 Å². The van der Waals surface area contributed by atoms with Gasteiger partial charge in [0.05, 0.1) is 17.8 Å². The molecule has 26 heavy (non-hydrogen) atoms. The average Bonchev–Trinajstić information content (AvgIpc) is 2.97. The number of methoxy groups -OCH3 is 1. The molecule has 0 saturated carbocycles. The Morgan fingerprint density at radius 2 is 1.81 bits per heavy atom. The summed E-state index contributed by atoms with van der Waals surface area (Å²) < 4.78 is 5.12. The fourth-order valence-corrected chi connectivity index (χ4v) is 3.49. The van der Waals surface area contributed by atoms with Gasteiger partial charge in [-0.2, -0.15) is 0 Å². The molecule has 7 heteroatoms. The van der Waals surface area contributed by atoms with Crippen LogP contribution in [0, 0.1) is 13.8 Å². The predicted molar refractivity (Wildman–Crippen MR) is 107 cm³/mol. The van der Waals surface area contributed by atoms with Crippen molar-refractivity contribution < 1.29 is 9.53 Å². The van der Waals surface area contributed by atoms with Crippen LogP contribution in [0.15, 0.2) is 42.5 Å². The summed E-state index contributed by atoms with van der Waals surface area (Å²) in [5.74, 6) is 0.335.